The van der Waals surface area contributed by atoms with Crippen LogP contribution in [0.1, 0.15) is 0 Å². The quantitative estimate of drug-likeness (QED) is 0.695. The van der Waals surface area contributed by atoms with Gasteiger partial charge in [-0.2, -0.15) is 0 Å². The zero-order valence-electron chi connectivity index (χ0n) is 11.2. The van der Waals surface area contributed by atoms with Gasteiger partial charge in [0.2, 0.25) is 11.8 Å². The maximum Gasteiger partial charge on any atom is 0.452 e. The molecule has 0 aliphatic heterocycles. The number of hydrogen-bond acceptors (Lipinski definition) is 5. The number of amides is 3. The number of hydrogen-bond donors (Lipinski definition) is 3. The largest absolute Gasteiger partial charge is 0.494 e. The van der Waals surface area contributed by atoms with Crippen LogP contribution in [0.15, 0.2) is 28.4 Å². The van der Waals surface area contributed by atoms with Crippen LogP contribution in [0.5, 0.6) is 11.8 Å². The molecule has 3 amide bonds. The maximum absolute atomic E-state index is 11.4. The molecule has 110 valence electrons. The lowest BCUT2D eigenvalue weighted by atomic mass is 10.2. The summed E-state index contributed by atoms with van der Waals surface area (Å²) >= 11 is 0. The number of aromatic hydroxyl groups is 2. The fraction of sp³-hybridized carbons (Fsp3) is 0.167. The van der Waals surface area contributed by atoms with E-state index in [-0.39, 0.29) is 11.8 Å². The second-order valence-corrected chi connectivity index (χ2v) is 4.07. The first kappa shape index (κ1) is 14.3. The Labute approximate surface area is 118 Å². The summed E-state index contributed by atoms with van der Waals surface area (Å²) in [5.41, 5.74) is 0.317. The van der Waals surface area contributed by atoms with E-state index < -0.39 is 12.1 Å². The number of nitrogens with zero attached hydrogens (tertiary/aromatic N) is 3. The Kier molecular flexibility index (Phi) is 3.74. The molecule has 0 unspecified atom stereocenters. The highest BCUT2D eigenvalue weighted by Gasteiger charge is 2.14. The Morgan fingerprint density at radius 3 is 2.52 bits per heavy atom. The number of methoxy groups -OCH3 is 1. The fourth-order valence-electron chi connectivity index (χ4n) is 1.74. The molecule has 0 fully saturated rings. The third-order valence-electron chi connectivity index (χ3n) is 2.79. The lowest BCUT2D eigenvalue weighted by Gasteiger charge is -2.01. The molecule has 0 aliphatic carbocycles. The van der Waals surface area contributed by atoms with Gasteiger partial charge in [-0.25, -0.2) is 9.59 Å². The van der Waals surface area contributed by atoms with Gasteiger partial charge >= 0.3 is 12.1 Å². The summed E-state index contributed by atoms with van der Waals surface area (Å²) < 4.78 is 5.40. The van der Waals surface area contributed by atoms with Crippen molar-refractivity contribution >= 4 is 28.6 Å². The summed E-state index contributed by atoms with van der Waals surface area (Å²) in [5, 5.41) is 28.8. The van der Waals surface area contributed by atoms with E-state index in [9.17, 15) is 19.8 Å². The second-order valence-electron chi connectivity index (χ2n) is 4.07. The molecule has 2 aromatic rings. The molecule has 9 nitrogen and oxygen atoms in total. The number of carbonyl (C=O) groups excluding carboxylic acids is 2. The second kappa shape index (κ2) is 5.49. The zero-order chi connectivity index (χ0) is 15.6. The number of carbonyl (C=O) groups is 2. The normalized spacial score (nSPS) is 11.0. The van der Waals surface area contributed by atoms with Crippen molar-refractivity contribution in [1.29, 1.82) is 0 Å². The molecular weight excluding hydrogens is 280 g/mol. The molecule has 0 atom stereocenters. The minimum absolute atomic E-state index is 0.0919. The van der Waals surface area contributed by atoms with Gasteiger partial charge in [-0.05, 0) is 18.2 Å². The third kappa shape index (κ3) is 2.76. The molecule has 1 heterocycles. The first-order valence-corrected chi connectivity index (χ1v) is 5.75. The molecule has 1 aromatic carbocycles. The molecule has 0 saturated carbocycles. The Hall–Kier alpha value is -3.10. The number of urea groups is 1. The van der Waals surface area contributed by atoms with Crippen molar-refractivity contribution in [2.45, 2.75) is 0 Å². The summed E-state index contributed by atoms with van der Waals surface area (Å²) in [6.45, 7) is 0. The van der Waals surface area contributed by atoms with Crippen LogP contribution in [0.25, 0.3) is 10.8 Å². The Balaban J connectivity index is 2.24. The molecule has 0 spiro atoms. The van der Waals surface area contributed by atoms with E-state index in [0.29, 0.717) is 16.5 Å². The predicted molar refractivity (Wildman–Crippen MR) is 72.5 cm³/mol. The highest BCUT2D eigenvalue weighted by molar-refractivity contribution is 5.98. The highest BCUT2D eigenvalue weighted by Crippen LogP contribution is 2.36. The van der Waals surface area contributed by atoms with E-state index in [0.717, 1.165) is 7.11 Å². The Morgan fingerprint density at radius 1 is 1.19 bits per heavy atom. The molecule has 2 rings (SSSR count). The number of anilines is 1. The van der Waals surface area contributed by atoms with Crippen LogP contribution in [-0.2, 0) is 11.8 Å². The Bertz CT molecular complexity index is 750. The fourth-order valence-corrected chi connectivity index (χ4v) is 1.74. The minimum atomic E-state index is -0.994. The number of rotatable bonds is 1. The van der Waals surface area contributed by atoms with Gasteiger partial charge in [-0.3, -0.25) is 4.57 Å². The van der Waals surface area contributed by atoms with Crippen molar-refractivity contribution < 1.29 is 24.5 Å². The number of azo groups is 1. The van der Waals surface area contributed by atoms with Gasteiger partial charge in [0, 0.05) is 23.5 Å². The van der Waals surface area contributed by atoms with Gasteiger partial charge in [0.15, 0.2) is 0 Å². The SMILES string of the molecule is COC(=O)/N=N/C(=O)Nc1ccc2c(O)n(C)c(O)c2c1. The predicted octanol–water partition coefficient (Wildman–Crippen LogP) is 2.34. The molecule has 0 saturated heterocycles. The Morgan fingerprint density at radius 2 is 1.86 bits per heavy atom. The number of fused-ring (bicyclic) bond motifs is 1. The molecule has 0 bridgehead atoms. The van der Waals surface area contributed by atoms with Gasteiger partial charge in [-0.15, -0.1) is 0 Å². The van der Waals surface area contributed by atoms with E-state index in [1.807, 2.05) is 0 Å². The van der Waals surface area contributed by atoms with Crippen molar-refractivity contribution in [3.8, 4) is 11.8 Å². The van der Waals surface area contributed by atoms with Gasteiger partial charge in [0.1, 0.15) is 0 Å². The molecule has 0 radical (unpaired) electrons. The molecular formula is C12H12N4O5. The highest BCUT2D eigenvalue weighted by atomic mass is 16.5. The van der Waals surface area contributed by atoms with Crippen LogP contribution in [0.3, 0.4) is 0 Å². The van der Waals surface area contributed by atoms with Gasteiger partial charge < -0.3 is 20.3 Å². The zero-order valence-corrected chi connectivity index (χ0v) is 11.2. The number of benzene rings is 1. The smallest absolute Gasteiger partial charge is 0.452 e. The molecule has 1 aromatic heterocycles. The average Bonchev–Trinajstić information content (AvgIpc) is 2.69. The summed E-state index contributed by atoms with van der Waals surface area (Å²) in [5.74, 6) is -0.236. The van der Waals surface area contributed by atoms with E-state index in [1.165, 1.54) is 29.8 Å². The van der Waals surface area contributed by atoms with Crippen molar-refractivity contribution in [1.82, 2.24) is 4.57 Å². The van der Waals surface area contributed by atoms with Crippen LogP contribution >= 0.6 is 0 Å². The van der Waals surface area contributed by atoms with E-state index in [4.69, 9.17) is 0 Å². The summed E-state index contributed by atoms with van der Waals surface area (Å²) in [4.78, 5) is 22.1. The monoisotopic (exact) mass is 292 g/mol. The van der Waals surface area contributed by atoms with Crippen molar-refractivity contribution in [3.63, 3.8) is 0 Å². The lowest BCUT2D eigenvalue weighted by molar-refractivity contribution is 0.180. The first-order chi connectivity index (χ1) is 9.93. The summed E-state index contributed by atoms with van der Waals surface area (Å²) in [6.07, 6.45) is -0.994. The van der Waals surface area contributed by atoms with Crippen LogP contribution in [0.2, 0.25) is 0 Å². The average molecular weight is 292 g/mol. The van der Waals surface area contributed by atoms with Gasteiger partial charge in [0.25, 0.3) is 0 Å². The van der Waals surface area contributed by atoms with E-state index in [2.05, 4.69) is 20.3 Å². The number of nitrogens with one attached hydrogen (secondary N) is 1. The van der Waals surface area contributed by atoms with Crippen LogP contribution in [0, 0.1) is 0 Å². The lowest BCUT2D eigenvalue weighted by Crippen LogP contribution is -2.06. The molecule has 21 heavy (non-hydrogen) atoms. The van der Waals surface area contributed by atoms with Crippen molar-refractivity contribution in [2.24, 2.45) is 17.3 Å². The first-order valence-electron chi connectivity index (χ1n) is 5.75. The van der Waals surface area contributed by atoms with Crippen LogP contribution in [0.4, 0.5) is 15.3 Å². The van der Waals surface area contributed by atoms with Gasteiger partial charge in [0.05, 0.1) is 7.11 Å². The summed E-state index contributed by atoms with van der Waals surface area (Å²) in [7, 11) is 2.60. The number of ether oxygens (including phenoxy) is 1. The maximum atomic E-state index is 11.4. The van der Waals surface area contributed by atoms with Gasteiger partial charge in [-0.1, -0.05) is 10.2 Å². The van der Waals surface area contributed by atoms with Crippen molar-refractivity contribution in [2.75, 3.05) is 12.4 Å². The van der Waals surface area contributed by atoms with E-state index in [1.54, 1.807) is 0 Å². The van der Waals surface area contributed by atoms with E-state index >= 15 is 0 Å². The molecule has 9 heteroatoms. The molecule has 0 aliphatic rings. The third-order valence-corrected chi connectivity index (χ3v) is 2.79. The topological polar surface area (TPSA) is 126 Å². The number of aromatic nitrogens is 1. The standard InChI is InChI=1S/C12H12N4O5/c1-16-9(17)7-4-3-6(5-8(7)10(16)18)13-11(19)14-15-12(20)21-2/h3-5,17-18H,1-2H3,(H,13,19)/b15-14+. The molecule has 3 N–H and O–H groups in total. The van der Waals surface area contributed by atoms with Crippen LogP contribution < -0.4 is 5.32 Å². The summed E-state index contributed by atoms with van der Waals surface area (Å²) in [6, 6.07) is 3.61. The minimum Gasteiger partial charge on any atom is -0.494 e. The van der Waals surface area contributed by atoms with Crippen LogP contribution in [-0.4, -0.2) is 34.0 Å². The van der Waals surface area contributed by atoms with Crippen molar-refractivity contribution in [3.05, 3.63) is 18.2 Å².